The van der Waals surface area contributed by atoms with Crippen LogP contribution >= 0.6 is 11.6 Å². The van der Waals surface area contributed by atoms with Crippen LogP contribution in [-0.2, 0) is 24.3 Å². The highest BCUT2D eigenvalue weighted by molar-refractivity contribution is 6.29. The lowest BCUT2D eigenvalue weighted by Crippen LogP contribution is -2.40. The first kappa shape index (κ1) is 23.0. The lowest BCUT2D eigenvalue weighted by atomic mass is 9.97. The average molecular weight is 443 g/mol. The Kier molecular flexibility index (Phi) is 8.67. The fraction of sp³-hybridized carbons (Fsp3) is 0.435. The number of piperidine rings is 1. The summed E-state index contributed by atoms with van der Waals surface area (Å²) >= 11 is 5.83. The van der Waals surface area contributed by atoms with Gasteiger partial charge >= 0.3 is 0 Å². The third kappa shape index (κ3) is 7.52. The van der Waals surface area contributed by atoms with Crippen LogP contribution < -0.4 is 16.4 Å². The molecular formula is C23H31ClN6O. The standard InChI is InChI=1S/C23H31ClN6O/c1-26-23(27-10-9-17-7-8-21(24)28-13-17)29-14-18-4-2-5-19(12-18)15-30-11-3-6-20(16-30)22(25)31/h2,4-5,7-8,12-13,20H,3,6,9-11,14-16H2,1H3,(H2,25,31)(H2,26,27,29). The van der Waals surface area contributed by atoms with Gasteiger partial charge in [-0.2, -0.15) is 0 Å². The average Bonchev–Trinajstić information content (AvgIpc) is 2.78. The molecule has 1 unspecified atom stereocenters. The molecule has 1 aliphatic rings. The number of benzene rings is 1. The topological polar surface area (TPSA) is 95.6 Å². The van der Waals surface area contributed by atoms with Crippen molar-refractivity contribution >= 4 is 23.5 Å². The first-order valence-corrected chi connectivity index (χ1v) is 11.1. The molecule has 1 aromatic carbocycles. The number of nitrogens with two attached hydrogens (primary N) is 1. The summed E-state index contributed by atoms with van der Waals surface area (Å²) in [6, 6.07) is 12.3. The number of hydrogen-bond donors (Lipinski definition) is 3. The van der Waals surface area contributed by atoms with Crippen LogP contribution in [0.5, 0.6) is 0 Å². The van der Waals surface area contributed by atoms with E-state index in [-0.39, 0.29) is 11.8 Å². The summed E-state index contributed by atoms with van der Waals surface area (Å²) in [5, 5.41) is 7.19. The minimum absolute atomic E-state index is 0.0309. The van der Waals surface area contributed by atoms with Crippen LogP contribution in [-0.4, -0.2) is 48.4 Å². The quantitative estimate of drug-likeness (QED) is 0.331. The SMILES string of the molecule is CN=C(NCCc1ccc(Cl)nc1)NCc1cccc(CN2CCCC(C(N)=O)C2)c1. The number of aromatic nitrogens is 1. The summed E-state index contributed by atoms with van der Waals surface area (Å²) in [6.45, 7) is 4.02. The number of likely N-dealkylation sites (tertiary alicyclic amines) is 1. The van der Waals surface area contributed by atoms with E-state index in [0.717, 1.165) is 57.0 Å². The van der Waals surface area contributed by atoms with Crippen LogP contribution in [0.2, 0.25) is 5.15 Å². The van der Waals surface area contributed by atoms with Crippen LogP contribution in [0.15, 0.2) is 47.6 Å². The summed E-state index contributed by atoms with van der Waals surface area (Å²) in [7, 11) is 1.76. The molecule has 1 aromatic heterocycles. The van der Waals surface area contributed by atoms with E-state index >= 15 is 0 Å². The van der Waals surface area contributed by atoms with Gasteiger partial charge in [-0.1, -0.05) is 41.9 Å². The van der Waals surface area contributed by atoms with E-state index in [0.29, 0.717) is 11.7 Å². The monoisotopic (exact) mass is 442 g/mol. The molecule has 8 heteroatoms. The van der Waals surface area contributed by atoms with Gasteiger partial charge in [-0.3, -0.25) is 14.7 Å². The minimum Gasteiger partial charge on any atom is -0.369 e. The van der Waals surface area contributed by atoms with Crippen LogP contribution in [0.4, 0.5) is 0 Å². The van der Waals surface area contributed by atoms with Crippen molar-refractivity contribution in [2.24, 2.45) is 16.6 Å². The van der Waals surface area contributed by atoms with E-state index in [9.17, 15) is 4.79 Å². The molecule has 2 heterocycles. The molecule has 4 N–H and O–H groups in total. The number of hydrogen-bond acceptors (Lipinski definition) is 4. The molecular weight excluding hydrogens is 412 g/mol. The molecule has 2 aromatic rings. The Hall–Kier alpha value is -2.64. The number of aliphatic imine (C=N–C) groups is 1. The van der Waals surface area contributed by atoms with Crippen LogP contribution in [0.1, 0.15) is 29.5 Å². The molecule has 3 rings (SSSR count). The highest BCUT2D eigenvalue weighted by Gasteiger charge is 2.23. The Balaban J connectivity index is 1.46. The molecule has 0 aliphatic carbocycles. The summed E-state index contributed by atoms with van der Waals surface area (Å²) in [4.78, 5) is 22.2. The van der Waals surface area contributed by atoms with E-state index in [1.54, 1.807) is 19.3 Å². The second kappa shape index (κ2) is 11.7. The van der Waals surface area contributed by atoms with Crippen molar-refractivity contribution in [2.45, 2.75) is 32.4 Å². The molecule has 0 saturated carbocycles. The largest absolute Gasteiger partial charge is 0.369 e. The summed E-state index contributed by atoms with van der Waals surface area (Å²) < 4.78 is 0. The van der Waals surface area contributed by atoms with Crippen LogP contribution in [0, 0.1) is 5.92 Å². The van der Waals surface area contributed by atoms with Gasteiger partial charge in [0, 0.05) is 39.4 Å². The molecule has 166 valence electrons. The van der Waals surface area contributed by atoms with Crippen molar-refractivity contribution in [3.63, 3.8) is 0 Å². The number of carbonyl (C=O) groups is 1. The van der Waals surface area contributed by atoms with Gasteiger partial charge in [-0.25, -0.2) is 4.98 Å². The number of rotatable bonds is 8. The highest BCUT2D eigenvalue weighted by atomic mass is 35.5. The van der Waals surface area contributed by atoms with Crippen molar-refractivity contribution in [3.8, 4) is 0 Å². The highest BCUT2D eigenvalue weighted by Crippen LogP contribution is 2.18. The molecule has 1 saturated heterocycles. The lowest BCUT2D eigenvalue weighted by molar-refractivity contribution is -0.123. The Morgan fingerprint density at radius 1 is 1.26 bits per heavy atom. The van der Waals surface area contributed by atoms with Crippen LogP contribution in [0.25, 0.3) is 0 Å². The minimum atomic E-state index is -0.186. The van der Waals surface area contributed by atoms with Crippen molar-refractivity contribution in [1.82, 2.24) is 20.5 Å². The van der Waals surface area contributed by atoms with E-state index in [1.807, 2.05) is 6.07 Å². The first-order valence-electron chi connectivity index (χ1n) is 10.7. The number of nitrogens with zero attached hydrogens (tertiary/aromatic N) is 3. The van der Waals surface area contributed by atoms with Gasteiger partial charge in [-0.15, -0.1) is 0 Å². The maximum absolute atomic E-state index is 11.5. The maximum Gasteiger partial charge on any atom is 0.221 e. The van der Waals surface area contributed by atoms with Gasteiger partial charge in [0.05, 0.1) is 5.92 Å². The van der Waals surface area contributed by atoms with Gasteiger partial charge in [0.15, 0.2) is 5.96 Å². The van der Waals surface area contributed by atoms with Gasteiger partial charge in [-0.05, 0) is 48.6 Å². The number of halogens is 1. The van der Waals surface area contributed by atoms with Crippen molar-refractivity contribution < 1.29 is 4.79 Å². The van der Waals surface area contributed by atoms with Crippen LogP contribution in [0.3, 0.4) is 0 Å². The van der Waals surface area contributed by atoms with Crippen molar-refractivity contribution in [2.75, 3.05) is 26.7 Å². The summed E-state index contributed by atoms with van der Waals surface area (Å²) in [5.41, 5.74) is 9.05. The second-order valence-corrected chi connectivity index (χ2v) is 8.28. The Morgan fingerprint density at radius 3 is 2.84 bits per heavy atom. The number of primary amides is 1. The Labute approximate surface area is 189 Å². The predicted octanol–water partition coefficient (Wildman–Crippen LogP) is 2.34. The number of pyridine rings is 1. The number of amides is 1. The van der Waals surface area contributed by atoms with Crippen molar-refractivity contribution in [1.29, 1.82) is 0 Å². The maximum atomic E-state index is 11.5. The first-order chi connectivity index (χ1) is 15.0. The van der Waals surface area contributed by atoms with E-state index in [2.05, 4.69) is 49.8 Å². The molecule has 0 spiro atoms. The van der Waals surface area contributed by atoms with Gasteiger partial charge < -0.3 is 16.4 Å². The van der Waals surface area contributed by atoms with Gasteiger partial charge in [0.25, 0.3) is 0 Å². The molecule has 1 amide bonds. The lowest BCUT2D eigenvalue weighted by Gasteiger charge is -2.31. The Bertz CT molecular complexity index is 886. The van der Waals surface area contributed by atoms with Gasteiger partial charge in [0.1, 0.15) is 5.15 Å². The molecule has 0 bridgehead atoms. The normalized spacial score (nSPS) is 17.4. The zero-order valence-corrected chi connectivity index (χ0v) is 18.7. The van der Waals surface area contributed by atoms with Gasteiger partial charge in [0.2, 0.25) is 5.91 Å². The fourth-order valence-electron chi connectivity index (χ4n) is 3.81. The zero-order valence-electron chi connectivity index (χ0n) is 18.0. The molecule has 1 fully saturated rings. The fourth-order valence-corrected chi connectivity index (χ4v) is 3.93. The third-order valence-corrected chi connectivity index (χ3v) is 5.71. The van der Waals surface area contributed by atoms with E-state index < -0.39 is 0 Å². The predicted molar refractivity (Wildman–Crippen MR) is 125 cm³/mol. The van der Waals surface area contributed by atoms with E-state index in [1.165, 1.54) is 11.1 Å². The molecule has 1 atom stereocenters. The molecule has 1 aliphatic heterocycles. The zero-order chi connectivity index (χ0) is 22.1. The summed E-state index contributed by atoms with van der Waals surface area (Å²) in [6.07, 6.45) is 4.54. The number of nitrogens with one attached hydrogen (secondary N) is 2. The second-order valence-electron chi connectivity index (χ2n) is 7.89. The Morgan fingerprint density at radius 2 is 2.10 bits per heavy atom. The smallest absolute Gasteiger partial charge is 0.221 e. The van der Waals surface area contributed by atoms with E-state index in [4.69, 9.17) is 17.3 Å². The summed E-state index contributed by atoms with van der Waals surface area (Å²) in [5.74, 6) is 0.540. The number of carbonyl (C=O) groups excluding carboxylic acids is 1. The molecule has 7 nitrogen and oxygen atoms in total. The molecule has 31 heavy (non-hydrogen) atoms. The third-order valence-electron chi connectivity index (χ3n) is 5.48. The van der Waals surface area contributed by atoms with Crippen molar-refractivity contribution in [3.05, 3.63) is 64.4 Å². The molecule has 0 radical (unpaired) electrons. The number of guanidine groups is 1.